The molecule has 0 radical (unpaired) electrons. The van der Waals surface area contributed by atoms with E-state index in [1.807, 2.05) is 6.07 Å². The maximum absolute atomic E-state index is 13.1. The Kier molecular flexibility index (Phi) is 5.39. The van der Waals surface area contributed by atoms with E-state index in [0.29, 0.717) is 42.8 Å². The number of fused-ring (bicyclic) bond motifs is 1. The van der Waals surface area contributed by atoms with Gasteiger partial charge in [0.05, 0.1) is 18.8 Å². The van der Waals surface area contributed by atoms with Gasteiger partial charge in [-0.15, -0.1) is 0 Å². The van der Waals surface area contributed by atoms with Crippen LogP contribution < -0.4 is 5.56 Å². The first-order valence-electron chi connectivity index (χ1n) is 9.38. The number of carbonyl (C=O) groups is 2. The minimum absolute atomic E-state index is 0.125. The molecule has 1 amide bonds. The van der Waals surface area contributed by atoms with Gasteiger partial charge in [0, 0.05) is 35.6 Å². The Balaban J connectivity index is 1.68. The molecule has 0 spiro atoms. The Morgan fingerprint density at radius 1 is 1.00 bits per heavy atom. The summed E-state index contributed by atoms with van der Waals surface area (Å²) in [6, 6.07) is 17.0. The van der Waals surface area contributed by atoms with Gasteiger partial charge >= 0.3 is 5.97 Å². The van der Waals surface area contributed by atoms with Gasteiger partial charge < -0.3 is 19.4 Å². The van der Waals surface area contributed by atoms with Crippen molar-refractivity contribution < 1.29 is 19.1 Å². The highest BCUT2D eigenvalue weighted by molar-refractivity contribution is 6.04. The van der Waals surface area contributed by atoms with Crippen LogP contribution in [0.5, 0.6) is 0 Å². The third-order valence-corrected chi connectivity index (χ3v) is 4.84. The van der Waals surface area contributed by atoms with Gasteiger partial charge in [-0.3, -0.25) is 9.59 Å². The molecule has 0 saturated carbocycles. The van der Waals surface area contributed by atoms with E-state index in [9.17, 15) is 14.4 Å². The zero-order chi connectivity index (χ0) is 20.2. The van der Waals surface area contributed by atoms with Crippen LogP contribution in [0.3, 0.4) is 0 Å². The zero-order valence-electron chi connectivity index (χ0n) is 15.7. The topological polar surface area (TPSA) is 88.7 Å². The van der Waals surface area contributed by atoms with Crippen molar-refractivity contribution in [2.75, 3.05) is 26.3 Å². The van der Waals surface area contributed by atoms with Gasteiger partial charge in [-0.2, -0.15) is 0 Å². The predicted octanol–water partition coefficient (Wildman–Crippen LogP) is 2.29. The first-order chi connectivity index (χ1) is 14.1. The molecule has 1 saturated heterocycles. The Labute approximate surface area is 166 Å². The number of pyridine rings is 1. The number of carbonyl (C=O) groups excluding carboxylic acids is 2. The van der Waals surface area contributed by atoms with Crippen molar-refractivity contribution in [3.05, 3.63) is 82.1 Å². The van der Waals surface area contributed by atoms with Crippen LogP contribution >= 0.6 is 0 Å². The standard InChI is InChI=1S/C22H20N2O5/c25-19-14-17(16-8-4-5-9-18(16)23-19)22(27)29-20(15-6-2-1-3-7-15)21(26)24-10-12-28-13-11-24/h1-9,14,20H,10-13H2,(H,23,25)/t20-/m1/s1. The summed E-state index contributed by atoms with van der Waals surface area (Å²) in [6.45, 7) is 1.76. The minimum Gasteiger partial charge on any atom is -0.444 e. The predicted molar refractivity (Wildman–Crippen MR) is 107 cm³/mol. The number of morpholine rings is 1. The monoisotopic (exact) mass is 392 g/mol. The van der Waals surface area contributed by atoms with Crippen LogP contribution in [0.1, 0.15) is 22.0 Å². The quantitative estimate of drug-likeness (QED) is 0.688. The third kappa shape index (κ3) is 4.05. The van der Waals surface area contributed by atoms with Gasteiger partial charge in [0.25, 0.3) is 5.91 Å². The lowest BCUT2D eigenvalue weighted by Gasteiger charge is -2.30. The summed E-state index contributed by atoms with van der Waals surface area (Å²) in [7, 11) is 0. The molecule has 2 aromatic carbocycles. The van der Waals surface area contributed by atoms with Crippen molar-refractivity contribution in [1.29, 1.82) is 0 Å². The number of ether oxygens (including phenoxy) is 2. The number of rotatable bonds is 4. The Morgan fingerprint density at radius 2 is 1.69 bits per heavy atom. The van der Waals surface area contributed by atoms with Gasteiger partial charge in [-0.25, -0.2) is 4.79 Å². The van der Waals surface area contributed by atoms with Gasteiger partial charge in [-0.05, 0) is 6.07 Å². The highest BCUT2D eigenvalue weighted by Gasteiger charge is 2.31. The van der Waals surface area contributed by atoms with Crippen LogP contribution in [-0.4, -0.2) is 48.1 Å². The van der Waals surface area contributed by atoms with Crippen molar-refractivity contribution in [3.8, 4) is 0 Å². The molecule has 0 aliphatic carbocycles. The number of aromatic amines is 1. The molecule has 148 valence electrons. The van der Waals surface area contributed by atoms with Crippen LogP contribution in [-0.2, 0) is 14.3 Å². The van der Waals surface area contributed by atoms with Crippen molar-refractivity contribution in [3.63, 3.8) is 0 Å². The third-order valence-electron chi connectivity index (χ3n) is 4.84. The van der Waals surface area contributed by atoms with Gasteiger partial charge in [-0.1, -0.05) is 48.5 Å². The maximum atomic E-state index is 13.1. The summed E-state index contributed by atoms with van der Waals surface area (Å²) in [5, 5.41) is 0.558. The van der Waals surface area contributed by atoms with E-state index in [2.05, 4.69) is 4.98 Å². The molecule has 1 atom stereocenters. The second kappa shape index (κ2) is 8.28. The summed E-state index contributed by atoms with van der Waals surface area (Å²) in [4.78, 5) is 42.4. The van der Waals surface area contributed by atoms with Gasteiger partial charge in [0.2, 0.25) is 11.7 Å². The molecule has 4 rings (SSSR count). The molecule has 29 heavy (non-hydrogen) atoms. The lowest BCUT2D eigenvalue weighted by molar-refractivity contribution is -0.145. The number of aromatic nitrogens is 1. The van der Waals surface area contributed by atoms with E-state index >= 15 is 0 Å². The minimum atomic E-state index is -1.10. The van der Waals surface area contributed by atoms with E-state index in [0.717, 1.165) is 0 Å². The molecule has 7 nitrogen and oxygen atoms in total. The summed E-state index contributed by atoms with van der Waals surface area (Å²) >= 11 is 0. The summed E-state index contributed by atoms with van der Waals surface area (Å²) in [6.07, 6.45) is -1.10. The molecule has 0 bridgehead atoms. The SMILES string of the molecule is O=C(O[C@@H](C(=O)N1CCOCC1)c1ccccc1)c1cc(=O)[nH]c2ccccc12. The average molecular weight is 392 g/mol. The number of amides is 1. The molecular weight excluding hydrogens is 372 g/mol. The average Bonchev–Trinajstić information content (AvgIpc) is 2.77. The number of benzene rings is 2. The lowest BCUT2D eigenvalue weighted by atomic mass is 10.1. The Morgan fingerprint density at radius 3 is 2.45 bits per heavy atom. The van der Waals surface area contributed by atoms with Crippen molar-refractivity contribution in [1.82, 2.24) is 9.88 Å². The van der Waals surface area contributed by atoms with Crippen LogP contribution in [0.2, 0.25) is 0 Å². The first kappa shape index (κ1) is 18.9. The van der Waals surface area contributed by atoms with E-state index in [4.69, 9.17) is 9.47 Å². The van der Waals surface area contributed by atoms with Crippen molar-refractivity contribution in [2.24, 2.45) is 0 Å². The second-order valence-electron chi connectivity index (χ2n) is 6.73. The second-order valence-corrected chi connectivity index (χ2v) is 6.73. The fourth-order valence-corrected chi connectivity index (χ4v) is 3.38. The number of esters is 1. The van der Waals surface area contributed by atoms with Crippen molar-refractivity contribution in [2.45, 2.75) is 6.10 Å². The van der Waals surface area contributed by atoms with E-state index in [1.54, 1.807) is 53.4 Å². The number of nitrogens with zero attached hydrogens (tertiary/aromatic N) is 1. The highest BCUT2D eigenvalue weighted by Crippen LogP contribution is 2.24. The molecule has 1 aliphatic heterocycles. The van der Waals surface area contributed by atoms with E-state index in [1.165, 1.54) is 6.07 Å². The normalized spacial score (nSPS) is 15.1. The molecule has 1 N–H and O–H groups in total. The van der Waals surface area contributed by atoms with Crippen molar-refractivity contribution >= 4 is 22.8 Å². The van der Waals surface area contributed by atoms with E-state index in [-0.39, 0.29) is 11.5 Å². The van der Waals surface area contributed by atoms with Crippen LogP contribution in [0.25, 0.3) is 10.9 Å². The molecule has 3 aromatic rings. The van der Waals surface area contributed by atoms with E-state index < -0.39 is 17.6 Å². The molecule has 7 heteroatoms. The largest absolute Gasteiger partial charge is 0.444 e. The molecule has 1 aromatic heterocycles. The van der Waals surface area contributed by atoms with Gasteiger partial charge in [0.1, 0.15) is 0 Å². The Hall–Kier alpha value is -3.45. The number of nitrogens with one attached hydrogen (secondary N) is 1. The van der Waals surface area contributed by atoms with Gasteiger partial charge in [0.15, 0.2) is 0 Å². The fraction of sp³-hybridized carbons (Fsp3) is 0.227. The summed E-state index contributed by atoms with van der Waals surface area (Å²) in [5.74, 6) is -1.02. The number of hydrogen-bond donors (Lipinski definition) is 1. The number of hydrogen-bond acceptors (Lipinski definition) is 5. The Bertz CT molecular complexity index is 1090. The first-order valence-corrected chi connectivity index (χ1v) is 9.38. The van der Waals surface area contributed by atoms with Crippen LogP contribution in [0, 0.1) is 0 Å². The lowest BCUT2D eigenvalue weighted by Crippen LogP contribution is -2.44. The van der Waals surface area contributed by atoms with Crippen LogP contribution in [0.4, 0.5) is 0 Å². The molecular formula is C22H20N2O5. The number of para-hydroxylation sites is 1. The fourth-order valence-electron chi connectivity index (χ4n) is 3.38. The highest BCUT2D eigenvalue weighted by atomic mass is 16.5. The molecule has 1 aliphatic rings. The summed E-state index contributed by atoms with van der Waals surface area (Å²) in [5.41, 5.74) is 0.820. The number of H-pyrrole nitrogens is 1. The smallest absolute Gasteiger partial charge is 0.340 e. The molecule has 2 heterocycles. The summed E-state index contributed by atoms with van der Waals surface area (Å²) < 4.78 is 11.0. The molecule has 1 fully saturated rings. The van der Waals surface area contributed by atoms with Crippen LogP contribution in [0.15, 0.2) is 65.5 Å². The maximum Gasteiger partial charge on any atom is 0.340 e. The molecule has 0 unspecified atom stereocenters. The zero-order valence-corrected chi connectivity index (χ0v) is 15.7.